The second-order valence-electron chi connectivity index (χ2n) is 10.7. The minimum atomic E-state index is -0.327. The Kier molecular flexibility index (Phi) is 5.40. The zero-order valence-corrected chi connectivity index (χ0v) is 18.2. The fraction of sp³-hybridized carbons (Fsp3) is 1.00. The molecule has 0 unspecified atom stereocenters. The lowest BCUT2D eigenvalue weighted by Crippen LogP contribution is -2.41. The van der Waals surface area contributed by atoms with Gasteiger partial charge in [-0.05, 0) is 61.3 Å². The molecular formula is C20H38B2O4. The fourth-order valence-electron chi connectivity index (χ4n) is 4.29. The van der Waals surface area contributed by atoms with Crippen LogP contribution in [0.1, 0.15) is 93.9 Å². The van der Waals surface area contributed by atoms with Gasteiger partial charge in [0.15, 0.2) is 0 Å². The van der Waals surface area contributed by atoms with E-state index >= 15 is 0 Å². The predicted molar refractivity (Wildman–Crippen MR) is 107 cm³/mol. The van der Waals surface area contributed by atoms with Crippen molar-refractivity contribution in [2.75, 3.05) is 0 Å². The van der Waals surface area contributed by atoms with Gasteiger partial charge in [0.1, 0.15) is 0 Å². The third kappa shape index (κ3) is 3.76. The molecule has 26 heavy (non-hydrogen) atoms. The summed E-state index contributed by atoms with van der Waals surface area (Å²) in [5.41, 5.74) is -1.21. The molecule has 2 heterocycles. The van der Waals surface area contributed by atoms with Crippen LogP contribution in [0.15, 0.2) is 0 Å². The molecule has 0 atom stereocenters. The molecule has 3 fully saturated rings. The molecule has 0 spiro atoms. The summed E-state index contributed by atoms with van der Waals surface area (Å²) in [6.07, 6.45) is 7.70. The van der Waals surface area contributed by atoms with Crippen molar-refractivity contribution in [3.63, 3.8) is 0 Å². The standard InChI is InChI=1S/C20H38B2O4/c1-17(2)18(3,4)24-21(23-17)16(14-15-12-10-9-11-13-15)22-25-19(5,6)20(7,8)26-22/h15-16H,9-14H2,1-8H3. The molecule has 148 valence electrons. The zero-order chi connectivity index (χ0) is 19.4. The van der Waals surface area contributed by atoms with Gasteiger partial charge in [-0.1, -0.05) is 38.5 Å². The van der Waals surface area contributed by atoms with E-state index in [4.69, 9.17) is 18.6 Å². The first-order chi connectivity index (χ1) is 11.8. The third-order valence-electron chi connectivity index (χ3n) is 7.57. The Morgan fingerprint density at radius 2 is 1.00 bits per heavy atom. The minimum Gasteiger partial charge on any atom is -0.403 e. The highest BCUT2D eigenvalue weighted by atomic mass is 16.7. The Labute approximate surface area is 161 Å². The van der Waals surface area contributed by atoms with Crippen molar-refractivity contribution < 1.29 is 18.6 Å². The highest BCUT2D eigenvalue weighted by molar-refractivity contribution is 6.68. The molecule has 4 nitrogen and oxygen atoms in total. The van der Waals surface area contributed by atoms with Crippen molar-refractivity contribution in [3.8, 4) is 0 Å². The monoisotopic (exact) mass is 364 g/mol. The minimum absolute atomic E-state index is 0.0974. The molecule has 6 heteroatoms. The number of rotatable bonds is 4. The van der Waals surface area contributed by atoms with Crippen LogP contribution in [-0.4, -0.2) is 36.6 Å². The lowest BCUT2D eigenvalue weighted by atomic mass is 9.48. The van der Waals surface area contributed by atoms with Gasteiger partial charge in [-0.2, -0.15) is 0 Å². The van der Waals surface area contributed by atoms with Crippen LogP contribution in [0, 0.1) is 5.92 Å². The molecule has 0 N–H and O–H groups in total. The Balaban J connectivity index is 1.81. The SMILES string of the molecule is CC1(C)OB(C(CC2CCCCC2)B2OC(C)(C)C(C)(C)O2)OC1(C)C. The molecular weight excluding hydrogens is 326 g/mol. The van der Waals surface area contributed by atoms with Crippen LogP contribution in [0.4, 0.5) is 0 Å². The smallest absolute Gasteiger partial charge is 0.403 e. The van der Waals surface area contributed by atoms with Crippen molar-refractivity contribution in [1.82, 2.24) is 0 Å². The molecule has 3 aliphatic rings. The third-order valence-corrected chi connectivity index (χ3v) is 7.57. The average molecular weight is 364 g/mol. The van der Waals surface area contributed by atoms with Gasteiger partial charge in [0.05, 0.1) is 22.4 Å². The van der Waals surface area contributed by atoms with Gasteiger partial charge in [-0.25, -0.2) is 0 Å². The molecule has 2 saturated heterocycles. The van der Waals surface area contributed by atoms with Crippen LogP contribution < -0.4 is 0 Å². The van der Waals surface area contributed by atoms with Crippen molar-refractivity contribution in [3.05, 3.63) is 0 Å². The lowest BCUT2D eigenvalue weighted by molar-refractivity contribution is 0.00578. The molecule has 0 bridgehead atoms. The first kappa shape index (κ1) is 20.7. The van der Waals surface area contributed by atoms with E-state index in [1.807, 2.05) is 0 Å². The van der Waals surface area contributed by atoms with E-state index in [9.17, 15) is 0 Å². The van der Waals surface area contributed by atoms with E-state index in [1.165, 1.54) is 32.1 Å². The van der Waals surface area contributed by atoms with Gasteiger partial charge in [0.25, 0.3) is 0 Å². The van der Waals surface area contributed by atoms with Gasteiger partial charge >= 0.3 is 14.2 Å². The molecule has 2 aliphatic heterocycles. The van der Waals surface area contributed by atoms with E-state index in [2.05, 4.69) is 55.4 Å². The fourth-order valence-corrected chi connectivity index (χ4v) is 4.29. The Morgan fingerprint density at radius 3 is 1.35 bits per heavy atom. The van der Waals surface area contributed by atoms with Crippen molar-refractivity contribution >= 4 is 14.2 Å². The van der Waals surface area contributed by atoms with Crippen LogP contribution in [-0.2, 0) is 18.6 Å². The number of hydrogen-bond donors (Lipinski definition) is 0. The maximum Gasteiger partial charge on any atom is 0.458 e. The highest BCUT2D eigenvalue weighted by Gasteiger charge is 2.61. The summed E-state index contributed by atoms with van der Waals surface area (Å²) in [4.78, 5) is 0. The van der Waals surface area contributed by atoms with Crippen LogP contribution in [0.5, 0.6) is 0 Å². The summed E-state index contributed by atoms with van der Waals surface area (Å²) in [7, 11) is -0.562. The van der Waals surface area contributed by atoms with E-state index < -0.39 is 0 Å². The van der Waals surface area contributed by atoms with Crippen LogP contribution in [0.25, 0.3) is 0 Å². The molecule has 0 radical (unpaired) electrons. The van der Waals surface area contributed by atoms with Crippen molar-refractivity contribution in [1.29, 1.82) is 0 Å². The largest absolute Gasteiger partial charge is 0.458 e. The molecule has 0 aromatic heterocycles. The molecule has 0 aromatic rings. The van der Waals surface area contributed by atoms with E-state index in [-0.39, 0.29) is 42.4 Å². The Hall–Kier alpha value is -0.0301. The highest BCUT2D eigenvalue weighted by Crippen LogP contribution is 2.48. The summed E-state index contributed by atoms with van der Waals surface area (Å²) in [6.45, 7) is 17.0. The predicted octanol–water partition coefficient (Wildman–Crippen LogP) is 5.05. The first-order valence-electron chi connectivity index (χ1n) is 10.6. The van der Waals surface area contributed by atoms with E-state index in [1.54, 1.807) is 0 Å². The maximum absolute atomic E-state index is 6.43. The Bertz CT molecular complexity index is 444. The van der Waals surface area contributed by atoms with Gasteiger partial charge in [-0.15, -0.1) is 0 Å². The molecule has 0 amide bonds. The topological polar surface area (TPSA) is 36.9 Å². The van der Waals surface area contributed by atoms with Crippen molar-refractivity contribution in [2.24, 2.45) is 5.92 Å². The van der Waals surface area contributed by atoms with Crippen LogP contribution in [0.2, 0.25) is 5.72 Å². The number of hydrogen-bond acceptors (Lipinski definition) is 4. The molecule has 3 rings (SSSR count). The normalized spacial score (nSPS) is 30.3. The van der Waals surface area contributed by atoms with Crippen LogP contribution in [0.3, 0.4) is 0 Å². The van der Waals surface area contributed by atoms with Crippen molar-refractivity contribution in [2.45, 2.75) is 122 Å². The summed E-state index contributed by atoms with van der Waals surface area (Å²) in [5, 5.41) is 0. The second-order valence-corrected chi connectivity index (χ2v) is 10.7. The molecule has 0 aromatic carbocycles. The van der Waals surface area contributed by atoms with E-state index in [0.29, 0.717) is 5.92 Å². The molecule has 1 aliphatic carbocycles. The summed E-state index contributed by atoms with van der Waals surface area (Å²) in [5.74, 6) is 0.715. The van der Waals surface area contributed by atoms with Gasteiger partial charge in [-0.3, -0.25) is 0 Å². The van der Waals surface area contributed by atoms with Gasteiger partial charge in [0.2, 0.25) is 0 Å². The second kappa shape index (κ2) is 6.79. The summed E-state index contributed by atoms with van der Waals surface area (Å²) >= 11 is 0. The average Bonchev–Trinajstić information content (AvgIpc) is 2.85. The Morgan fingerprint density at radius 1 is 0.654 bits per heavy atom. The van der Waals surface area contributed by atoms with E-state index in [0.717, 1.165) is 6.42 Å². The molecule has 1 saturated carbocycles. The van der Waals surface area contributed by atoms with Gasteiger partial charge < -0.3 is 18.6 Å². The quantitative estimate of drug-likeness (QED) is 0.654. The summed E-state index contributed by atoms with van der Waals surface area (Å²) < 4.78 is 25.7. The van der Waals surface area contributed by atoms with Gasteiger partial charge in [0, 0.05) is 5.72 Å². The zero-order valence-electron chi connectivity index (χ0n) is 18.2. The van der Waals surface area contributed by atoms with Crippen LogP contribution >= 0.6 is 0 Å². The summed E-state index contributed by atoms with van der Waals surface area (Å²) in [6, 6.07) is 0. The first-order valence-corrected chi connectivity index (χ1v) is 10.6. The maximum atomic E-state index is 6.43. The lowest BCUT2D eigenvalue weighted by Gasteiger charge is -2.32.